The van der Waals surface area contributed by atoms with Crippen LogP contribution >= 0.6 is 12.2 Å². The van der Waals surface area contributed by atoms with Gasteiger partial charge >= 0.3 is 0 Å². The van der Waals surface area contributed by atoms with Crippen LogP contribution in [0.3, 0.4) is 0 Å². The monoisotopic (exact) mass is 382 g/mol. The first-order valence-corrected chi connectivity index (χ1v) is 8.67. The number of carbonyl (C=O) groups excluding carboxylic acids is 1. The summed E-state index contributed by atoms with van der Waals surface area (Å²) in [6.07, 6.45) is 0.973. The summed E-state index contributed by atoms with van der Waals surface area (Å²) < 4.78 is 0. The molecule has 0 aliphatic rings. The topological polar surface area (TPSA) is 99.3 Å². The van der Waals surface area contributed by atoms with Crippen LogP contribution in [-0.2, 0) is 6.42 Å². The van der Waals surface area contributed by atoms with Gasteiger partial charge in [0.15, 0.2) is 5.11 Å². The zero-order valence-corrected chi connectivity index (χ0v) is 15.3. The second kappa shape index (κ2) is 9.99. The summed E-state index contributed by atoms with van der Waals surface area (Å²) in [5.74, 6) is -0.523. The Morgan fingerprint density at radius 1 is 1.19 bits per heavy atom. The maximum absolute atomic E-state index is 12.4. The summed E-state index contributed by atoms with van der Waals surface area (Å²) in [7, 11) is 0. The molecule has 0 saturated heterocycles. The number of benzene rings is 2. The van der Waals surface area contributed by atoms with Gasteiger partial charge in [-0.1, -0.05) is 36.4 Å². The molecule has 27 heavy (non-hydrogen) atoms. The smallest absolute Gasteiger partial charge is 0.270 e. The second-order valence-corrected chi connectivity index (χ2v) is 6.08. The Kier molecular flexibility index (Phi) is 7.40. The van der Waals surface area contributed by atoms with E-state index < -0.39 is 10.8 Å². The Morgan fingerprint density at radius 3 is 2.59 bits per heavy atom. The second-order valence-electron chi connectivity index (χ2n) is 5.70. The number of amides is 1. The van der Waals surface area contributed by atoms with Gasteiger partial charge in [-0.2, -0.15) is 5.26 Å². The third-order valence-electron chi connectivity index (χ3n) is 3.83. The van der Waals surface area contributed by atoms with Crippen LogP contribution in [0.5, 0.6) is 0 Å². The number of hydrogen-bond acceptors (Lipinski definition) is 5. The van der Waals surface area contributed by atoms with Crippen LogP contribution in [0.1, 0.15) is 22.3 Å². The Bertz CT molecular complexity index is 865. The van der Waals surface area contributed by atoms with Crippen molar-refractivity contribution in [1.29, 1.82) is 5.26 Å². The Hall–Kier alpha value is -3.31. The maximum atomic E-state index is 12.4. The normalized spacial score (nSPS) is 9.89. The largest absolute Gasteiger partial charge is 0.348 e. The molecule has 2 aromatic carbocycles. The van der Waals surface area contributed by atoms with E-state index in [9.17, 15) is 14.9 Å². The predicted molar refractivity (Wildman–Crippen MR) is 105 cm³/mol. The number of hydrogen-bond donors (Lipinski definition) is 1. The molecule has 0 bridgehead atoms. The summed E-state index contributed by atoms with van der Waals surface area (Å²) in [6, 6.07) is 17.3. The van der Waals surface area contributed by atoms with E-state index >= 15 is 0 Å². The lowest BCUT2D eigenvalue weighted by Gasteiger charge is -2.24. The van der Waals surface area contributed by atoms with Gasteiger partial charge in [-0.15, -0.1) is 0 Å². The van der Waals surface area contributed by atoms with Crippen molar-refractivity contribution < 1.29 is 9.72 Å². The average molecular weight is 382 g/mol. The summed E-state index contributed by atoms with van der Waals surface area (Å²) in [6.45, 7) is 0.928. The molecule has 0 aliphatic carbocycles. The third-order valence-corrected chi connectivity index (χ3v) is 4.19. The number of thiocarbonyl (C=S) groups is 1. The van der Waals surface area contributed by atoms with E-state index in [2.05, 4.69) is 11.4 Å². The third kappa shape index (κ3) is 6.17. The number of rotatable bonds is 7. The van der Waals surface area contributed by atoms with Gasteiger partial charge in [0.2, 0.25) is 0 Å². The Morgan fingerprint density at radius 2 is 1.93 bits per heavy atom. The minimum absolute atomic E-state index is 0.148. The van der Waals surface area contributed by atoms with Crippen molar-refractivity contribution in [2.75, 3.05) is 13.1 Å². The number of nitrogens with one attached hydrogen (secondary N) is 1. The summed E-state index contributed by atoms with van der Waals surface area (Å²) >= 11 is 5.32. The number of nitro groups is 1. The molecule has 8 heteroatoms. The van der Waals surface area contributed by atoms with Crippen molar-refractivity contribution in [2.24, 2.45) is 0 Å². The molecular weight excluding hydrogens is 364 g/mol. The molecule has 0 fully saturated rings. The first-order valence-electron chi connectivity index (χ1n) is 8.27. The van der Waals surface area contributed by atoms with Crippen molar-refractivity contribution in [3.8, 4) is 6.07 Å². The molecule has 0 spiro atoms. The molecule has 7 nitrogen and oxygen atoms in total. The highest BCUT2D eigenvalue weighted by Crippen LogP contribution is 2.13. The van der Waals surface area contributed by atoms with Crippen LogP contribution in [0.25, 0.3) is 0 Å². The SMILES string of the molecule is N#CCCN(CCc1ccccc1)C(=S)NC(=O)c1cccc([N+](=O)[O-])c1. The van der Waals surface area contributed by atoms with E-state index in [1.807, 2.05) is 30.3 Å². The van der Waals surface area contributed by atoms with Gasteiger partial charge in [0.25, 0.3) is 11.6 Å². The maximum Gasteiger partial charge on any atom is 0.270 e. The summed E-state index contributed by atoms with van der Waals surface area (Å²) in [4.78, 5) is 24.4. The van der Waals surface area contributed by atoms with Crippen molar-refractivity contribution >= 4 is 28.9 Å². The van der Waals surface area contributed by atoms with Crippen LogP contribution in [0.15, 0.2) is 54.6 Å². The van der Waals surface area contributed by atoms with Gasteiger partial charge in [0.05, 0.1) is 17.4 Å². The molecule has 138 valence electrons. The number of non-ortho nitro benzene ring substituents is 1. The first kappa shape index (κ1) is 20.0. The van der Waals surface area contributed by atoms with E-state index in [0.29, 0.717) is 19.5 Å². The molecule has 1 amide bonds. The van der Waals surface area contributed by atoms with Crippen LogP contribution in [-0.4, -0.2) is 33.9 Å². The van der Waals surface area contributed by atoms with E-state index in [4.69, 9.17) is 17.5 Å². The van der Waals surface area contributed by atoms with Crippen molar-refractivity contribution in [2.45, 2.75) is 12.8 Å². The lowest BCUT2D eigenvalue weighted by molar-refractivity contribution is -0.384. The van der Waals surface area contributed by atoms with Gasteiger partial charge in [-0.05, 0) is 30.3 Å². The van der Waals surface area contributed by atoms with Gasteiger partial charge in [-0.3, -0.25) is 20.2 Å². The van der Waals surface area contributed by atoms with Crippen LogP contribution in [0.2, 0.25) is 0 Å². The van der Waals surface area contributed by atoms with Crippen LogP contribution in [0.4, 0.5) is 5.69 Å². The lowest BCUT2D eigenvalue weighted by Crippen LogP contribution is -2.44. The summed E-state index contributed by atoms with van der Waals surface area (Å²) in [5.41, 5.74) is 1.10. The zero-order chi connectivity index (χ0) is 19.6. The minimum Gasteiger partial charge on any atom is -0.348 e. The molecule has 0 aliphatic heterocycles. The van der Waals surface area contributed by atoms with E-state index in [-0.39, 0.29) is 22.8 Å². The zero-order valence-electron chi connectivity index (χ0n) is 14.5. The van der Waals surface area contributed by atoms with Gasteiger partial charge in [-0.25, -0.2) is 0 Å². The predicted octanol–water partition coefficient (Wildman–Crippen LogP) is 3.07. The fourth-order valence-corrected chi connectivity index (χ4v) is 2.69. The number of nitro benzene ring substituents is 1. The highest BCUT2D eigenvalue weighted by Gasteiger charge is 2.16. The molecule has 2 rings (SSSR count). The fraction of sp³-hybridized carbons (Fsp3) is 0.211. The van der Waals surface area contributed by atoms with E-state index in [1.54, 1.807) is 4.90 Å². The molecule has 0 heterocycles. The molecule has 0 radical (unpaired) electrons. The highest BCUT2D eigenvalue weighted by atomic mass is 32.1. The fourth-order valence-electron chi connectivity index (χ4n) is 2.42. The quantitative estimate of drug-likeness (QED) is 0.449. The number of carbonyl (C=O) groups is 1. The van der Waals surface area contributed by atoms with E-state index in [0.717, 1.165) is 5.56 Å². The Labute approximate surface area is 162 Å². The lowest BCUT2D eigenvalue weighted by atomic mass is 10.1. The van der Waals surface area contributed by atoms with Gasteiger partial charge < -0.3 is 4.90 Å². The molecule has 0 aromatic heterocycles. The molecule has 0 atom stereocenters. The molecule has 0 unspecified atom stereocenters. The molecule has 2 aromatic rings. The van der Waals surface area contributed by atoms with Crippen molar-refractivity contribution in [3.05, 3.63) is 75.8 Å². The van der Waals surface area contributed by atoms with Crippen molar-refractivity contribution in [3.63, 3.8) is 0 Å². The Balaban J connectivity index is 2.03. The van der Waals surface area contributed by atoms with E-state index in [1.165, 1.54) is 24.3 Å². The average Bonchev–Trinajstić information content (AvgIpc) is 2.68. The molecule has 0 saturated carbocycles. The van der Waals surface area contributed by atoms with Gasteiger partial charge in [0, 0.05) is 30.8 Å². The minimum atomic E-state index is -0.561. The number of nitriles is 1. The number of nitrogens with zero attached hydrogens (tertiary/aromatic N) is 3. The molecular formula is C19H18N4O3S. The summed E-state index contributed by atoms with van der Waals surface area (Å²) in [5, 5.41) is 22.5. The van der Waals surface area contributed by atoms with Crippen LogP contribution < -0.4 is 5.32 Å². The highest BCUT2D eigenvalue weighted by molar-refractivity contribution is 7.80. The van der Waals surface area contributed by atoms with Crippen LogP contribution in [0, 0.1) is 21.4 Å². The van der Waals surface area contributed by atoms with Gasteiger partial charge in [0.1, 0.15) is 0 Å². The standard InChI is InChI=1S/C19H18N4O3S/c20-11-5-12-22(13-10-15-6-2-1-3-7-15)19(27)21-18(24)16-8-4-9-17(14-16)23(25)26/h1-4,6-9,14H,5,10,12-13H2,(H,21,24,27). The van der Waals surface area contributed by atoms with Crippen molar-refractivity contribution in [1.82, 2.24) is 10.2 Å². The molecule has 1 N–H and O–H groups in total. The first-order chi connectivity index (χ1) is 13.0.